The largest absolute Gasteiger partial charge is 0.316 e. The fourth-order valence-corrected chi connectivity index (χ4v) is 1.76. The molecule has 1 aliphatic heterocycles. The molecule has 3 nitrogen and oxygen atoms in total. The molecule has 0 spiro atoms. The number of rotatable bonds is 1. The normalized spacial score (nSPS) is 24.2. The van der Waals surface area contributed by atoms with Gasteiger partial charge in [0.05, 0.1) is 5.69 Å². The summed E-state index contributed by atoms with van der Waals surface area (Å²) < 4.78 is 1.88. The second-order valence-corrected chi connectivity index (χ2v) is 3.46. The first-order chi connectivity index (χ1) is 5.86. The number of piperidine rings is 1. The first kappa shape index (κ1) is 7.80. The summed E-state index contributed by atoms with van der Waals surface area (Å²) in [5.41, 5.74) is 1.24. The van der Waals surface area contributed by atoms with Gasteiger partial charge in [-0.15, -0.1) is 0 Å². The van der Waals surface area contributed by atoms with E-state index in [9.17, 15) is 0 Å². The van der Waals surface area contributed by atoms with E-state index < -0.39 is 0 Å². The fraction of sp³-hybridized carbons (Fsp3) is 0.667. The van der Waals surface area contributed by atoms with Gasteiger partial charge in [0.2, 0.25) is 0 Å². The second kappa shape index (κ2) is 3.27. The molecule has 0 bridgehead atoms. The molecular weight excluding hydrogens is 150 g/mol. The van der Waals surface area contributed by atoms with Gasteiger partial charge in [-0.3, -0.25) is 4.68 Å². The zero-order valence-electron chi connectivity index (χ0n) is 7.45. The minimum Gasteiger partial charge on any atom is -0.316 e. The Labute approximate surface area is 72.8 Å². The summed E-state index contributed by atoms with van der Waals surface area (Å²) >= 11 is 0. The number of nitrogens with one attached hydrogen (secondary N) is 1. The summed E-state index contributed by atoms with van der Waals surface area (Å²) in [6, 6.07) is 2.12. The molecule has 1 atom stereocenters. The van der Waals surface area contributed by atoms with Crippen molar-refractivity contribution in [3.05, 3.63) is 18.0 Å². The molecule has 0 aromatic carbocycles. The lowest BCUT2D eigenvalue weighted by Gasteiger charge is -2.20. The molecule has 0 amide bonds. The Morgan fingerprint density at radius 3 is 3.17 bits per heavy atom. The summed E-state index contributed by atoms with van der Waals surface area (Å²) in [5.74, 6) is 0.639. The maximum Gasteiger partial charge on any atom is 0.0668 e. The lowest BCUT2D eigenvalue weighted by Crippen LogP contribution is -2.28. The van der Waals surface area contributed by atoms with E-state index in [0.29, 0.717) is 5.92 Å². The van der Waals surface area contributed by atoms with Gasteiger partial charge in [0.15, 0.2) is 0 Å². The van der Waals surface area contributed by atoms with E-state index in [2.05, 4.69) is 16.5 Å². The summed E-state index contributed by atoms with van der Waals surface area (Å²) in [6.45, 7) is 2.26. The van der Waals surface area contributed by atoms with Crippen molar-refractivity contribution in [3.8, 4) is 0 Å². The highest BCUT2D eigenvalue weighted by molar-refractivity contribution is 5.07. The van der Waals surface area contributed by atoms with Crippen LogP contribution in [-0.2, 0) is 7.05 Å². The van der Waals surface area contributed by atoms with Crippen LogP contribution in [0, 0.1) is 0 Å². The van der Waals surface area contributed by atoms with Gasteiger partial charge in [0.1, 0.15) is 0 Å². The van der Waals surface area contributed by atoms with Crippen molar-refractivity contribution in [1.82, 2.24) is 15.1 Å². The summed E-state index contributed by atoms with van der Waals surface area (Å²) in [4.78, 5) is 0. The Morgan fingerprint density at radius 1 is 1.67 bits per heavy atom. The highest BCUT2D eigenvalue weighted by atomic mass is 15.2. The quantitative estimate of drug-likeness (QED) is 0.669. The van der Waals surface area contributed by atoms with Crippen LogP contribution in [0.3, 0.4) is 0 Å². The van der Waals surface area contributed by atoms with E-state index in [0.717, 1.165) is 6.54 Å². The molecule has 1 fully saturated rings. The van der Waals surface area contributed by atoms with Crippen LogP contribution < -0.4 is 5.32 Å². The molecule has 12 heavy (non-hydrogen) atoms. The smallest absolute Gasteiger partial charge is 0.0668 e. The molecule has 2 rings (SSSR count). The van der Waals surface area contributed by atoms with Gasteiger partial charge >= 0.3 is 0 Å². The van der Waals surface area contributed by atoms with Crippen LogP contribution in [-0.4, -0.2) is 22.9 Å². The summed E-state index contributed by atoms with van der Waals surface area (Å²) in [6.07, 6.45) is 4.58. The van der Waals surface area contributed by atoms with Gasteiger partial charge in [0, 0.05) is 25.7 Å². The fourth-order valence-electron chi connectivity index (χ4n) is 1.76. The standard InChI is InChI=1S/C9H15N3/c1-12-6-4-9(11-12)8-3-2-5-10-7-8/h4,6,8,10H,2-3,5,7H2,1H3. The molecule has 0 radical (unpaired) electrons. The first-order valence-electron chi connectivity index (χ1n) is 4.56. The van der Waals surface area contributed by atoms with Crippen molar-refractivity contribution in [3.63, 3.8) is 0 Å². The molecular formula is C9H15N3. The van der Waals surface area contributed by atoms with Crippen LogP contribution in [0.4, 0.5) is 0 Å². The monoisotopic (exact) mass is 165 g/mol. The van der Waals surface area contributed by atoms with Gasteiger partial charge in [-0.2, -0.15) is 5.10 Å². The minimum absolute atomic E-state index is 0.639. The molecule has 1 saturated heterocycles. The Morgan fingerprint density at radius 2 is 2.58 bits per heavy atom. The van der Waals surface area contributed by atoms with Gasteiger partial charge < -0.3 is 5.32 Å². The average Bonchev–Trinajstić information content (AvgIpc) is 2.54. The zero-order valence-corrected chi connectivity index (χ0v) is 7.45. The van der Waals surface area contributed by atoms with Crippen LogP contribution in [0.15, 0.2) is 12.3 Å². The number of aromatic nitrogens is 2. The van der Waals surface area contributed by atoms with Crippen LogP contribution in [0.2, 0.25) is 0 Å². The lowest BCUT2D eigenvalue weighted by molar-refractivity contribution is 0.451. The average molecular weight is 165 g/mol. The molecule has 2 heterocycles. The molecule has 1 N–H and O–H groups in total. The molecule has 1 unspecified atom stereocenters. The summed E-state index contributed by atoms with van der Waals surface area (Å²) in [7, 11) is 1.97. The van der Waals surface area contributed by atoms with Gasteiger partial charge in [-0.05, 0) is 25.5 Å². The topological polar surface area (TPSA) is 29.9 Å². The van der Waals surface area contributed by atoms with Crippen molar-refractivity contribution < 1.29 is 0 Å². The third-order valence-corrected chi connectivity index (χ3v) is 2.45. The second-order valence-electron chi connectivity index (χ2n) is 3.46. The van der Waals surface area contributed by atoms with Crippen molar-refractivity contribution in [1.29, 1.82) is 0 Å². The molecule has 66 valence electrons. The first-order valence-corrected chi connectivity index (χ1v) is 4.56. The van der Waals surface area contributed by atoms with E-state index in [1.54, 1.807) is 0 Å². The summed E-state index contributed by atoms with van der Waals surface area (Å²) in [5, 5.41) is 7.80. The van der Waals surface area contributed by atoms with E-state index in [1.165, 1.54) is 25.1 Å². The third kappa shape index (κ3) is 1.50. The lowest BCUT2D eigenvalue weighted by atomic mass is 9.97. The van der Waals surface area contributed by atoms with E-state index in [-0.39, 0.29) is 0 Å². The SMILES string of the molecule is Cn1ccc(C2CCCNC2)n1. The Hall–Kier alpha value is -0.830. The van der Waals surface area contributed by atoms with Crippen LogP contribution in [0.5, 0.6) is 0 Å². The zero-order chi connectivity index (χ0) is 8.39. The number of hydrogen-bond acceptors (Lipinski definition) is 2. The van der Waals surface area contributed by atoms with Crippen LogP contribution in [0.25, 0.3) is 0 Å². The third-order valence-electron chi connectivity index (χ3n) is 2.45. The number of hydrogen-bond donors (Lipinski definition) is 1. The van der Waals surface area contributed by atoms with E-state index >= 15 is 0 Å². The molecule has 1 aliphatic rings. The van der Waals surface area contributed by atoms with Crippen molar-refractivity contribution in [2.75, 3.05) is 13.1 Å². The molecule has 0 aliphatic carbocycles. The van der Waals surface area contributed by atoms with Crippen LogP contribution >= 0.6 is 0 Å². The molecule has 3 heteroatoms. The molecule has 1 aromatic rings. The molecule has 1 aromatic heterocycles. The van der Waals surface area contributed by atoms with Crippen LogP contribution in [0.1, 0.15) is 24.5 Å². The van der Waals surface area contributed by atoms with Crippen molar-refractivity contribution in [2.24, 2.45) is 7.05 Å². The van der Waals surface area contributed by atoms with Crippen molar-refractivity contribution >= 4 is 0 Å². The van der Waals surface area contributed by atoms with Gasteiger partial charge in [0.25, 0.3) is 0 Å². The minimum atomic E-state index is 0.639. The highest BCUT2D eigenvalue weighted by Gasteiger charge is 2.16. The number of aryl methyl sites for hydroxylation is 1. The van der Waals surface area contributed by atoms with Crippen molar-refractivity contribution in [2.45, 2.75) is 18.8 Å². The van der Waals surface area contributed by atoms with E-state index in [4.69, 9.17) is 0 Å². The Bertz CT molecular complexity index is 248. The number of nitrogens with zero attached hydrogens (tertiary/aromatic N) is 2. The molecule has 0 saturated carbocycles. The Kier molecular flexibility index (Phi) is 2.13. The van der Waals surface area contributed by atoms with Gasteiger partial charge in [-0.25, -0.2) is 0 Å². The van der Waals surface area contributed by atoms with E-state index in [1.807, 2.05) is 17.9 Å². The predicted octanol–water partition coefficient (Wildman–Crippen LogP) is 0.887. The maximum absolute atomic E-state index is 4.41. The Balaban J connectivity index is 2.08. The predicted molar refractivity (Wildman–Crippen MR) is 48.1 cm³/mol. The maximum atomic E-state index is 4.41. The van der Waals surface area contributed by atoms with Gasteiger partial charge in [-0.1, -0.05) is 0 Å². The highest BCUT2D eigenvalue weighted by Crippen LogP contribution is 2.20.